The number of hydrogen-bond donors (Lipinski definition) is 1. The molecule has 0 saturated carbocycles. The number of rotatable bonds is 5. The van der Waals surface area contributed by atoms with E-state index in [1.165, 1.54) is 6.92 Å². The zero-order valence-corrected chi connectivity index (χ0v) is 13.5. The number of carboxylic acids is 1. The Kier molecular flexibility index (Phi) is 4.79. The van der Waals surface area contributed by atoms with Gasteiger partial charge in [0.05, 0.1) is 0 Å². The monoisotopic (exact) mass is 348 g/mol. The predicted molar refractivity (Wildman–Crippen MR) is 78.1 cm³/mol. The van der Waals surface area contributed by atoms with Crippen LogP contribution in [0.25, 0.3) is 0 Å². The second kappa shape index (κ2) is 5.63. The maximum Gasteiger partial charge on any atom is 0.324 e. The molecule has 1 aromatic rings. The highest BCUT2D eigenvalue weighted by molar-refractivity contribution is 9.10. The molecule has 0 fully saturated rings. The van der Waals surface area contributed by atoms with E-state index >= 15 is 0 Å². The molecule has 19 heavy (non-hydrogen) atoms. The summed E-state index contributed by atoms with van der Waals surface area (Å²) in [5.41, 5.74) is 1.97. The molecule has 0 aliphatic carbocycles. The van der Waals surface area contributed by atoms with Gasteiger partial charge in [-0.1, -0.05) is 22.0 Å². The van der Waals surface area contributed by atoms with Crippen molar-refractivity contribution < 1.29 is 18.3 Å². The van der Waals surface area contributed by atoms with Crippen molar-refractivity contribution in [1.82, 2.24) is 0 Å². The van der Waals surface area contributed by atoms with Crippen LogP contribution in [0.1, 0.15) is 24.5 Å². The van der Waals surface area contributed by atoms with Gasteiger partial charge in [0.25, 0.3) is 0 Å². The van der Waals surface area contributed by atoms with Crippen molar-refractivity contribution in [3.05, 3.63) is 33.8 Å². The summed E-state index contributed by atoms with van der Waals surface area (Å²) in [7, 11) is -3.66. The first kappa shape index (κ1) is 16.2. The van der Waals surface area contributed by atoms with Crippen LogP contribution >= 0.6 is 15.9 Å². The Labute approximate surface area is 121 Å². The molecule has 1 atom stereocenters. The van der Waals surface area contributed by atoms with Crippen LogP contribution in [0.2, 0.25) is 0 Å². The molecule has 0 radical (unpaired) electrons. The highest BCUT2D eigenvalue weighted by atomic mass is 79.9. The quantitative estimate of drug-likeness (QED) is 0.887. The third kappa shape index (κ3) is 3.57. The highest BCUT2D eigenvalue weighted by Gasteiger charge is 2.43. The lowest BCUT2D eigenvalue weighted by Gasteiger charge is -2.23. The van der Waals surface area contributed by atoms with Gasteiger partial charge in [0.1, 0.15) is 0 Å². The summed E-state index contributed by atoms with van der Waals surface area (Å²) in [5.74, 6) is -1.30. The van der Waals surface area contributed by atoms with Crippen LogP contribution in [0.3, 0.4) is 0 Å². The molecule has 0 saturated heterocycles. The van der Waals surface area contributed by atoms with E-state index in [1.807, 2.05) is 25.1 Å². The largest absolute Gasteiger partial charge is 0.480 e. The van der Waals surface area contributed by atoms with Crippen LogP contribution in [0, 0.1) is 6.92 Å². The Morgan fingerprint density at radius 3 is 2.42 bits per heavy atom. The van der Waals surface area contributed by atoms with Crippen molar-refractivity contribution in [1.29, 1.82) is 0 Å². The first-order valence-electron chi connectivity index (χ1n) is 5.76. The lowest BCUT2D eigenvalue weighted by Crippen LogP contribution is -2.43. The third-order valence-electron chi connectivity index (χ3n) is 3.45. The molecule has 1 N–H and O–H groups in total. The first-order chi connectivity index (χ1) is 8.58. The smallest absolute Gasteiger partial charge is 0.324 e. The predicted octanol–water partition coefficient (Wildman–Crippen LogP) is 2.58. The number of benzene rings is 1. The molecule has 0 aromatic heterocycles. The molecule has 1 aromatic carbocycles. The average Bonchev–Trinajstić information content (AvgIpc) is 2.25. The summed E-state index contributed by atoms with van der Waals surface area (Å²) in [6.07, 6.45) is 1.44. The van der Waals surface area contributed by atoms with Crippen molar-refractivity contribution in [2.75, 3.05) is 6.26 Å². The van der Waals surface area contributed by atoms with Crippen LogP contribution in [0.4, 0.5) is 0 Å². The molecule has 0 aliphatic rings. The van der Waals surface area contributed by atoms with Crippen molar-refractivity contribution in [2.24, 2.45) is 0 Å². The molecule has 0 heterocycles. The maximum absolute atomic E-state index is 11.7. The van der Waals surface area contributed by atoms with E-state index in [2.05, 4.69) is 15.9 Å². The van der Waals surface area contributed by atoms with Gasteiger partial charge < -0.3 is 5.11 Å². The normalized spacial score (nSPS) is 14.9. The maximum atomic E-state index is 11.7. The second-order valence-electron chi connectivity index (χ2n) is 4.88. The fourth-order valence-corrected chi connectivity index (χ4v) is 3.03. The molecule has 4 nitrogen and oxygen atoms in total. The van der Waals surface area contributed by atoms with Gasteiger partial charge in [-0.3, -0.25) is 4.79 Å². The van der Waals surface area contributed by atoms with Gasteiger partial charge in [0, 0.05) is 10.7 Å². The van der Waals surface area contributed by atoms with Crippen LogP contribution in [-0.4, -0.2) is 30.5 Å². The molecular formula is C13H17BrO4S. The SMILES string of the molecule is Cc1cc(Br)ccc1CCC(C)(C(=O)O)S(C)(=O)=O. The van der Waals surface area contributed by atoms with Crippen molar-refractivity contribution >= 4 is 31.7 Å². The Morgan fingerprint density at radius 2 is 2.00 bits per heavy atom. The molecule has 106 valence electrons. The minimum absolute atomic E-state index is 0.0592. The summed E-state index contributed by atoms with van der Waals surface area (Å²) in [6.45, 7) is 3.18. The van der Waals surface area contributed by atoms with Gasteiger partial charge in [-0.15, -0.1) is 0 Å². The molecule has 0 spiro atoms. The molecule has 0 aliphatic heterocycles. The summed E-state index contributed by atoms with van der Waals surface area (Å²) in [5, 5.41) is 9.17. The Bertz CT molecular complexity index is 595. The van der Waals surface area contributed by atoms with Crippen molar-refractivity contribution in [2.45, 2.75) is 31.4 Å². The molecule has 0 bridgehead atoms. The van der Waals surface area contributed by atoms with E-state index in [4.69, 9.17) is 0 Å². The van der Waals surface area contributed by atoms with Crippen LogP contribution in [0.15, 0.2) is 22.7 Å². The number of hydrogen-bond acceptors (Lipinski definition) is 3. The number of sulfone groups is 1. The van der Waals surface area contributed by atoms with Gasteiger partial charge in [-0.05, 0) is 49.9 Å². The summed E-state index contributed by atoms with van der Waals surface area (Å²) in [4.78, 5) is 11.2. The second-order valence-corrected chi connectivity index (χ2v) is 8.24. The number of halogens is 1. The topological polar surface area (TPSA) is 71.4 Å². The third-order valence-corrected chi connectivity index (χ3v) is 5.96. The van der Waals surface area contributed by atoms with Crippen molar-refractivity contribution in [3.63, 3.8) is 0 Å². The zero-order valence-electron chi connectivity index (χ0n) is 11.1. The minimum atomic E-state index is -3.66. The number of aliphatic carboxylic acids is 1. The number of carbonyl (C=O) groups is 1. The molecular weight excluding hydrogens is 332 g/mol. The number of carboxylic acid groups (broad SMARTS) is 1. The summed E-state index contributed by atoms with van der Waals surface area (Å²) in [6, 6.07) is 5.67. The van der Waals surface area contributed by atoms with Gasteiger partial charge in [0.2, 0.25) is 0 Å². The van der Waals surface area contributed by atoms with E-state index in [9.17, 15) is 18.3 Å². The van der Waals surface area contributed by atoms with E-state index < -0.39 is 20.6 Å². The average molecular weight is 349 g/mol. The van der Waals surface area contributed by atoms with Crippen molar-refractivity contribution in [3.8, 4) is 0 Å². The fraction of sp³-hybridized carbons (Fsp3) is 0.462. The Morgan fingerprint density at radius 1 is 1.42 bits per heavy atom. The van der Waals surface area contributed by atoms with Gasteiger partial charge >= 0.3 is 5.97 Å². The van der Waals surface area contributed by atoms with E-state index in [-0.39, 0.29) is 6.42 Å². The van der Waals surface area contributed by atoms with Gasteiger partial charge in [-0.2, -0.15) is 0 Å². The van der Waals surface area contributed by atoms with Crippen LogP contribution in [-0.2, 0) is 21.1 Å². The highest BCUT2D eigenvalue weighted by Crippen LogP contribution is 2.25. The van der Waals surface area contributed by atoms with Gasteiger partial charge in [-0.25, -0.2) is 8.42 Å². The molecule has 1 rings (SSSR count). The first-order valence-corrected chi connectivity index (χ1v) is 8.44. The van der Waals surface area contributed by atoms with Gasteiger partial charge in [0.15, 0.2) is 14.6 Å². The fourth-order valence-electron chi connectivity index (χ4n) is 1.76. The Balaban J connectivity index is 2.99. The van der Waals surface area contributed by atoms with E-state index in [0.29, 0.717) is 6.42 Å². The number of aryl methyl sites for hydroxylation is 2. The van der Waals surface area contributed by atoms with Crippen LogP contribution < -0.4 is 0 Å². The van der Waals surface area contributed by atoms with Crippen LogP contribution in [0.5, 0.6) is 0 Å². The van der Waals surface area contributed by atoms with E-state index in [1.54, 1.807) is 0 Å². The lowest BCUT2D eigenvalue weighted by atomic mass is 9.97. The molecule has 0 amide bonds. The standard InChI is InChI=1S/C13H17BrO4S/c1-9-8-11(14)5-4-10(9)6-7-13(2,12(15)16)19(3,17)18/h4-5,8H,6-7H2,1-3H3,(H,15,16). The lowest BCUT2D eigenvalue weighted by molar-refractivity contribution is -0.139. The molecule has 6 heteroatoms. The zero-order chi connectivity index (χ0) is 14.8. The molecule has 1 unspecified atom stereocenters. The minimum Gasteiger partial charge on any atom is -0.480 e. The summed E-state index contributed by atoms with van der Waals surface area (Å²) >= 11 is 3.35. The Hall–Kier alpha value is -0.880. The van der Waals surface area contributed by atoms with E-state index in [0.717, 1.165) is 21.9 Å². The summed E-state index contributed by atoms with van der Waals surface area (Å²) < 4.78 is 22.5.